The molecule has 0 unspecified atom stereocenters. The highest BCUT2D eigenvalue weighted by atomic mass is 79.9. The smallest absolute Gasteiger partial charge is 0.399 e. The number of thiazole rings is 2. The van der Waals surface area contributed by atoms with Crippen LogP contribution in [0.1, 0.15) is 194 Å². The summed E-state index contributed by atoms with van der Waals surface area (Å²) in [5.41, 5.74) is 5.74. The first kappa shape index (κ1) is 56.8. The molecule has 0 spiro atoms. The minimum Gasteiger partial charge on any atom is -0.399 e. The molecule has 0 radical (unpaired) electrons. The number of thiophene rings is 2. The topological polar surface area (TPSA) is 67.6 Å². The van der Waals surface area contributed by atoms with Gasteiger partial charge in [0.25, 0.3) is 0 Å². The van der Waals surface area contributed by atoms with E-state index >= 15 is 0 Å². The number of nitrogens with zero attached hydrogens (tertiary/aromatic N) is 3. The second-order valence-electron chi connectivity index (χ2n) is 23.0. The molecule has 7 heterocycles. The quantitative estimate of drug-likeness (QED) is 0.0470. The number of fused-ring (bicyclic) bond motifs is 4. The van der Waals surface area contributed by atoms with Gasteiger partial charge < -0.3 is 23.2 Å². The fourth-order valence-electron chi connectivity index (χ4n) is 10.1. The molecule has 394 valence electrons. The van der Waals surface area contributed by atoms with Gasteiger partial charge >= 0.3 is 14.2 Å². The molecule has 0 bridgehead atoms. The van der Waals surface area contributed by atoms with E-state index in [0.29, 0.717) is 0 Å². The summed E-state index contributed by atoms with van der Waals surface area (Å²) in [5.74, 6) is 0. The zero-order valence-corrected chi connectivity index (χ0v) is 51.0. The molecular formula is C59H82B2BrN3O4S4. The summed E-state index contributed by atoms with van der Waals surface area (Å²) in [7, 11) is -0.757. The summed E-state index contributed by atoms with van der Waals surface area (Å²) >= 11 is 10.5. The van der Waals surface area contributed by atoms with Gasteiger partial charge in [0.2, 0.25) is 0 Å². The Labute approximate surface area is 463 Å². The number of aryl methyl sites for hydroxylation is 4. The van der Waals surface area contributed by atoms with Gasteiger partial charge in [-0.1, -0.05) is 163 Å². The Kier molecular flexibility index (Phi) is 19.1. The van der Waals surface area contributed by atoms with Crippen molar-refractivity contribution in [3.8, 4) is 19.8 Å². The van der Waals surface area contributed by atoms with Crippen LogP contribution in [0.25, 0.3) is 51.2 Å². The third-order valence-electron chi connectivity index (χ3n) is 16.0. The molecule has 7 aromatic rings. The molecule has 2 fully saturated rings. The molecular weight excluding hydrogens is 1040 g/mol. The van der Waals surface area contributed by atoms with E-state index in [1.807, 2.05) is 11.3 Å². The van der Waals surface area contributed by atoms with Gasteiger partial charge in [0.05, 0.1) is 35.9 Å². The van der Waals surface area contributed by atoms with Gasteiger partial charge in [-0.2, -0.15) is 0 Å². The maximum atomic E-state index is 6.47. The molecule has 2 aromatic carbocycles. The Morgan fingerprint density at radius 2 is 0.849 bits per heavy atom. The zero-order valence-electron chi connectivity index (χ0n) is 46.2. The van der Waals surface area contributed by atoms with Crippen molar-refractivity contribution in [2.45, 2.75) is 228 Å². The van der Waals surface area contributed by atoms with Gasteiger partial charge in [-0.15, -0.1) is 22.7 Å². The van der Waals surface area contributed by atoms with Crippen LogP contribution in [-0.2, 0) is 25.2 Å². The number of unbranched alkanes of at least 4 members (excludes halogenated alkanes) is 17. The maximum Gasteiger partial charge on any atom is 0.494 e. The lowest BCUT2D eigenvalue weighted by Crippen LogP contribution is -2.41. The molecule has 73 heavy (non-hydrogen) atoms. The minimum atomic E-state index is -0.378. The molecule has 2 aliphatic rings. The van der Waals surface area contributed by atoms with Gasteiger partial charge in [-0.25, -0.2) is 9.97 Å². The lowest BCUT2D eigenvalue weighted by molar-refractivity contribution is 0.00578. The van der Waals surface area contributed by atoms with Crippen LogP contribution in [-0.4, -0.2) is 51.2 Å². The Bertz CT molecular complexity index is 2690. The van der Waals surface area contributed by atoms with Crippen molar-refractivity contribution >= 4 is 118 Å². The molecule has 0 amide bonds. The molecule has 0 saturated carbocycles. The first-order chi connectivity index (χ1) is 34.8. The summed E-state index contributed by atoms with van der Waals surface area (Å²) in [6, 6.07) is 17.9. The van der Waals surface area contributed by atoms with E-state index in [1.165, 1.54) is 163 Å². The van der Waals surface area contributed by atoms with Crippen molar-refractivity contribution in [1.82, 2.24) is 14.5 Å². The number of rotatable bonds is 23. The van der Waals surface area contributed by atoms with Crippen LogP contribution < -0.4 is 10.9 Å². The SMILES string of the molecule is CCCCCCCCCCCCCCCCCCCCn1c2cc(B3OC(C)(C)C(C)(C)O3)ccc2c2ccc(B3OC(C)(C)C(C)(C)O3)cc21.Cc1cc(C)c(-c2nc3sc(-c4sc(Br)cc4C)nc3s2)s1. The highest BCUT2D eigenvalue weighted by Crippen LogP contribution is 2.44. The van der Waals surface area contributed by atoms with Crippen LogP contribution in [0, 0.1) is 20.8 Å². The molecule has 0 aliphatic carbocycles. The monoisotopic (exact) mass is 1130 g/mol. The minimum absolute atomic E-state index is 0.371. The van der Waals surface area contributed by atoms with E-state index in [9.17, 15) is 0 Å². The number of hydrogen-bond acceptors (Lipinski definition) is 10. The summed E-state index contributed by atoms with van der Waals surface area (Å²) < 4.78 is 29.6. The van der Waals surface area contributed by atoms with Crippen molar-refractivity contribution in [3.05, 3.63) is 68.3 Å². The van der Waals surface area contributed by atoms with E-state index < -0.39 is 0 Å². The average Bonchev–Trinajstić information content (AvgIpc) is 4.19. The van der Waals surface area contributed by atoms with Crippen LogP contribution in [0.3, 0.4) is 0 Å². The molecule has 7 nitrogen and oxygen atoms in total. The van der Waals surface area contributed by atoms with Crippen LogP contribution >= 0.6 is 61.3 Å². The van der Waals surface area contributed by atoms with E-state index in [1.54, 1.807) is 34.0 Å². The molecule has 14 heteroatoms. The van der Waals surface area contributed by atoms with Crippen molar-refractivity contribution in [2.24, 2.45) is 0 Å². The number of halogens is 1. The molecule has 0 N–H and O–H groups in total. The molecule has 0 atom stereocenters. The fraction of sp³-hybridized carbons (Fsp3) is 0.593. The van der Waals surface area contributed by atoms with Crippen molar-refractivity contribution in [2.75, 3.05) is 0 Å². The predicted octanol–water partition coefficient (Wildman–Crippen LogP) is 18.3. The largest absolute Gasteiger partial charge is 0.494 e. The number of aromatic nitrogens is 3. The normalized spacial score (nSPS) is 16.9. The molecule has 2 saturated heterocycles. The first-order valence-electron chi connectivity index (χ1n) is 27.7. The van der Waals surface area contributed by atoms with E-state index in [4.69, 9.17) is 28.6 Å². The van der Waals surface area contributed by atoms with Gasteiger partial charge in [0, 0.05) is 33.2 Å². The summed E-state index contributed by atoms with van der Waals surface area (Å²) in [6.45, 7) is 26.7. The first-order valence-corrected chi connectivity index (χ1v) is 31.7. The molecule has 2 aliphatic heterocycles. The second-order valence-corrected chi connectivity index (χ2v) is 28.6. The summed E-state index contributed by atoms with van der Waals surface area (Å²) in [5, 5.41) is 4.72. The van der Waals surface area contributed by atoms with Gasteiger partial charge in [-0.05, 0) is 145 Å². The van der Waals surface area contributed by atoms with Crippen molar-refractivity contribution < 1.29 is 18.6 Å². The summed E-state index contributed by atoms with van der Waals surface area (Å²) in [4.78, 5) is 15.6. The number of hydrogen-bond donors (Lipinski definition) is 0. The van der Waals surface area contributed by atoms with Crippen LogP contribution in [0.2, 0.25) is 0 Å². The van der Waals surface area contributed by atoms with E-state index in [2.05, 4.69) is 152 Å². The second kappa shape index (κ2) is 24.5. The fourth-order valence-corrected chi connectivity index (χ4v) is 15.2. The highest BCUT2D eigenvalue weighted by Gasteiger charge is 2.53. The number of benzene rings is 2. The van der Waals surface area contributed by atoms with Gasteiger partial charge in [0.15, 0.2) is 9.66 Å². The molecule has 5 aromatic heterocycles. The average molecular weight is 1130 g/mol. The zero-order chi connectivity index (χ0) is 52.1. The lowest BCUT2D eigenvalue weighted by Gasteiger charge is -2.32. The Balaban J connectivity index is 0.000000266. The maximum absolute atomic E-state index is 6.47. The predicted molar refractivity (Wildman–Crippen MR) is 323 cm³/mol. The Morgan fingerprint density at radius 1 is 0.479 bits per heavy atom. The Hall–Kier alpha value is -2.39. The Morgan fingerprint density at radius 3 is 1.21 bits per heavy atom. The van der Waals surface area contributed by atoms with Crippen LogP contribution in [0.5, 0.6) is 0 Å². The van der Waals surface area contributed by atoms with Crippen molar-refractivity contribution in [3.63, 3.8) is 0 Å². The standard InChI is InChI=1S/C44H71B2NO4.C15H11BrN2S4/c1-10-11-12-13-14-15-16-17-18-19-20-21-22-23-24-25-26-27-32-47-39-33-35(45-48-41(2,3)42(4,5)49-45)28-30-37(39)38-31-29-36(34-40(38)47)46-50-43(6,7)44(8,9)51-46;1-6-4-8(3)19-10(6)12-17-14-15(21-12)18-13(22-14)11-7(2)5-9(16)20-11/h28-31,33-34H,10-27,32H2,1-9H3;4-5H,1-3H3. The molecule has 9 rings (SSSR count). The van der Waals surface area contributed by atoms with Crippen molar-refractivity contribution in [1.29, 1.82) is 0 Å². The van der Waals surface area contributed by atoms with Crippen LogP contribution in [0.15, 0.2) is 52.3 Å². The third kappa shape index (κ3) is 13.5. The third-order valence-corrected chi connectivity index (χ3v) is 21.2. The highest BCUT2D eigenvalue weighted by molar-refractivity contribution is 9.11. The van der Waals surface area contributed by atoms with E-state index in [-0.39, 0.29) is 36.6 Å². The van der Waals surface area contributed by atoms with Gasteiger partial charge in [0.1, 0.15) is 10.0 Å². The lowest BCUT2D eigenvalue weighted by atomic mass is 9.78. The summed E-state index contributed by atoms with van der Waals surface area (Å²) in [6.07, 6.45) is 25.0. The van der Waals surface area contributed by atoms with Gasteiger partial charge in [-0.3, -0.25) is 0 Å². The van der Waals surface area contributed by atoms with E-state index in [0.717, 1.165) is 40.9 Å². The van der Waals surface area contributed by atoms with Crippen LogP contribution in [0.4, 0.5) is 0 Å².